The average molecular weight is 575 g/mol. The molecule has 1 aliphatic carbocycles. The molecule has 0 radical (unpaired) electrons. The zero-order valence-electron chi connectivity index (χ0n) is 23.5. The lowest BCUT2D eigenvalue weighted by Crippen LogP contribution is -1.95. The van der Waals surface area contributed by atoms with Crippen LogP contribution in [-0.2, 0) is 6.42 Å². The highest BCUT2D eigenvalue weighted by Gasteiger charge is 2.23. The van der Waals surface area contributed by atoms with Gasteiger partial charge in [0.15, 0.2) is 0 Å². The summed E-state index contributed by atoms with van der Waals surface area (Å²) in [6.45, 7) is 0. The Kier molecular flexibility index (Phi) is 4.23. The number of hydrogen-bond donors (Lipinski definition) is 0. The number of hydrogen-bond acceptors (Lipinski definition) is 8. The van der Waals surface area contributed by atoms with Crippen LogP contribution in [0, 0.1) is 0 Å². The Balaban J connectivity index is 1.18. The minimum Gasteiger partial charge on any atom is -0.254 e. The number of aromatic nitrogens is 8. The van der Waals surface area contributed by atoms with E-state index < -0.39 is 0 Å². The highest BCUT2D eigenvalue weighted by Crippen LogP contribution is 2.42. The van der Waals surface area contributed by atoms with Gasteiger partial charge >= 0.3 is 0 Å². The molecule has 0 saturated carbocycles. The second kappa shape index (κ2) is 8.21. The van der Waals surface area contributed by atoms with Gasteiger partial charge in [0, 0.05) is 46.3 Å². The van der Waals surface area contributed by atoms with Crippen molar-refractivity contribution < 1.29 is 0 Å². The Morgan fingerprint density at radius 3 is 1.00 bits per heavy atom. The van der Waals surface area contributed by atoms with Crippen molar-refractivity contribution in [3.8, 4) is 11.1 Å². The first-order valence-electron chi connectivity index (χ1n) is 14.8. The SMILES string of the molecule is c1cnc2c(c1)c1nc3cc4c(cc3nc1c1cccnc12)-c1cc2nc3c5cccnc5c5ncccc5c3nc2cc1C4. The molecule has 11 rings (SSSR count). The molecule has 0 unspecified atom stereocenters. The van der Waals surface area contributed by atoms with Crippen LogP contribution in [0.5, 0.6) is 0 Å². The maximum Gasteiger partial charge on any atom is 0.0996 e. The number of rotatable bonds is 0. The van der Waals surface area contributed by atoms with E-state index in [1.807, 2.05) is 24.3 Å². The molecule has 6 aromatic heterocycles. The maximum absolute atomic E-state index is 5.20. The van der Waals surface area contributed by atoms with E-state index in [0.29, 0.717) is 0 Å². The summed E-state index contributed by atoms with van der Waals surface area (Å²) < 4.78 is 0. The minimum atomic E-state index is 0.796. The number of nitrogens with zero attached hydrogens (tertiary/aromatic N) is 8. The molecule has 0 spiro atoms. The van der Waals surface area contributed by atoms with Gasteiger partial charge in [0.05, 0.1) is 66.2 Å². The third-order valence-electron chi connectivity index (χ3n) is 9.15. The molecule has 8 nitrogen and oxygen atoms in total. The summed E-state index contributed by atoms with van der Waals surface area (Å²) in [5.74, 6) is 0. The fraction of sp³-hybridized carbons (Fsp3) is 0.0270. The van der Waals surface area contributed by atoms with Crippen molar-refractivity contribution in [2.24, 2.45) is 0 Å². The quantitative estimate of drug-likeness (QED) is 0.134. The predicted octanol–water partition coefficient (Wildman–Crippen LogP) is 7.64. The van der Waals surface area contributed by atoms with Crippen LogP contribution in [0.1, 0.15) is 11.1 Å². The second-order valence-electron chi connectivity index (χ2n) is 11.6. The summed E-state index contributed by atoms with van der Waals surface area (Å²) >= 11 is 0. The molecular formula is C37H18N8. The number of benzene rings is 4. The van der Waals surface area contributed by atoms with E-state index in [0.717, 1.165) is 105 Å². The number of pyridine rings is 4. The van der Waals surface area contributed by atoms with E-state index >= 15 is 0 Å². The lowest BCUT2D eigenvalue weighted by molar-refractivity contribution is 1.26. The molecular weight excluding hydrogens is 556 g/mol. The zero-order valence-corrected chi connectivity index (χ0v) is 23.5. The van der Waals surface area contributed by atoms with Crippen molar-refractivity contribution in [2.75, 3.05) is 0 Å². The fourth-order valence-corrected chi connectivity index (χ4v) is 7.18. The molecule has 0 aliphatic heterocycles. The summed E-state index contributed by atoms with van der Waals surface area (Å²) in [6, 6.07) is 24.7. The van der Waals surface area contributed by atoms with Gasteiger partial charge in [-0.25, -0.2) is 19.9 Å². The lowest BCUT2D eigenvalue weighted by Gasteiger charge is -2.10. The van der Waals surface area contributed by atoms with Gasteiger partial charge in [-0.3, -0.25) is 19.9 Å². The van der Waals surface area contributed by atoms with Crippen molar-refractivity contribution in [1.82, 2.24) is 39.9 Å². The van der Waals surface area contributed by atoms with Crippen molar-refractivity contribution >= 4 is 87.7 Å². The summed E-state index contributed by atoms with van der Waals surface area (Å²) in [4.78, 5) is 39.4. The Morgan fingerprint density at radius 2 is 0.667 bits per heavy atom. The van der Waals surface area contributed by atoms with Crippen LogP contribution in [0.15, 0.2) is 97.6 Å². The minimum absolute atomic E-state index is 0.796. The van der Waals surface area contributed by atoms with E-state index in [9.17, 15) is 0 Å². The smallest absolute Gasteiger partial charge is 0.0996 e. The zero-order chi connectivity index (χ0) is 29.2. The van der Waals surface area contributed by atoms with E-state index in [2.05, 4.69) is 68.5 Å². The Hall–Kier alpha value is -6.28. The molecule has 1 aliphatic rings. The standard InChI is InChI=1S/C37H18N8/c1-5-20-30(38-9-1)32-22(7-3-11-40-32)36-34(20)42-26-14-18-13-19-15-27-29(17-25(19)24(18)16-28(26)44-36)45-37-23-8-4-12-41-33(23)31-21(35(37)43-27)6-2-10-39-31/h1-12,14-17H,13H2. The van der Waals surface area contributed by atoms with Crippen molar-refractivity contribution in [3.63, 3.8) is 0 Å². The van der Waals surface area contributed by atoms with Gasteiger partial charge in [-0.2, -0.15) is 0 Å². The molecule has 10 aromatic rings. The van der Waals surface area contributed by atoms with Gasteiger partial charge in [0.25, 0.3) is 0 Å². The van der Waals surface area contributed by atoms with E-state index in [-0.39, 0.29) is 0 Å². The lowest BCUT2D eigenvalue weighted by atomic mass is 10.0. The Morgan fingerprint density at radius 1 is 0.356 bits per heavy atom. The largest absolute Gasteiger partial charge is 0.254 e. The molecule has 0 saturated heterocycles. The molecule has 0 N–H and O–H groups in total. The molecule has 45 heavy (non-hydrogen) atoms. The molecule has 0 fully saturated rings. The van der Waals surface area contributed by atoms with Gasteiger partial charge in [-0.1, -0.05) is 0 Å². The third kappa shape index (κ3) is 3.04. The highest BCUT2D eigenvalue weighted by molar-refractivity contribution is 6.22. The van der Waals surface area contributed by atoms with Crippen molar-refractivity contribution in [2.45, 2.75) is 6.42 Å². The molecule has 0 amide bonds. The Bertz CT molecular complexity index is 2770. The van der Waals surface area contributed by atoms with Crippen LogP contribution in [-0.4, -0.2) is 39.9 Å². The van der Waals surface area contributed by atoms with Gasteiger partial charge in [-0.05, 0) is 101 Å². The van der Waals surface area contributed by atoms with Gasteiger partial charge in [0.2, 0.25) is 0 Å². The molecule has 206 valence electrons. The fourth-order valence-electron chi connectivity index (χ4n) is 7.18. The van der Waals surface area contributed by atoms with Gasteiger partial charge in [0.1, 0.15) is 0 Å². The van der Waals surface area contributed by atoms with E-state index in [1.165, 1.54) is 11.1 Å². The molecule has 0 bridgehead atoms. The molecule has 6 heterocycles. The van der Waals surface area contributed by atoms with Crippen molar-refractivity contribution in [1.29, 1.82) is 0 Å². The molecule has 4 aromatic carbocycles. The van der Waals surface area contributed by atoms with Gasteiger partial charge < -0.3 is 0 Å². The normalized spacial score (nSPS) is 12.8. The average Bonchev–Trinajstić information content (AvgIpc) is 3.44. The summed E-state index contributed by atoms with van der Waals surface area (Å²) in [5, 5.41) is 3.81. The summed E-state index contributed by atoms with van der Waals surface area (Å²) in [5.41, 5.74) is 14.9. The van der Waals surface area contributed by atoms with Gasteiger partial charge in [-0.15, -0.1) is 0 Å². The first-order chi connectivity index (χ1) is 22.3. The maximum atomic E-state index is 5.20. The molecule has 8 heteroatoms. The summed E-state index contributed by atoms with van der Waals surface area (Å²) in [7, 11) is 0. The van der Waals surface area contributed by atoms with Crippen molar-refractivity contribution in [3.05, 3.63) is 109 Å². The monoisotopic (exact) mass is 574 g/mol. The van der Waals surface area contributed by atoms with Crippen LogP contribution in [0.3, 0.4) is 0 Å². The topological polar surface area (TPSA) is 103 Å². The van der Waals surface area contributed by atoms with Crippen LogP contribution in [0.4, 0.5) is 0 Å². The third-order valence-corrected chi connectivity index (χ3v) is 9.15. The van der Waals surface area contributed by atoms with Crippen LogP contribution in [0.2, 0.25) is 0 Å². The predicted molar refractivity (Wildman–Crippen MR) is 177 cm³/mol. The number of fused-ring (bicyclic) bond motifs is 17. The first kappa shape index (κ1) is 23.2. The van der Waals surface area contributed by atoms with Crippen LogP contribution in [0.25, 0.3) is 98.9 Å². The van der Waals surface area contributed by atoms with E-state index in [1.54, 1.807) is 24.8 Å². The molecule has 0 atom stereocenters. The summed E-state index contributed by atoms with van der Waals surface area (Å²) in [6.07, 6.45) is 8.00. The van der Waals surface area contributed by atoms with Crippen LogP contribution >= 0.6 is 0 Å². The highest BCUT2D eigenvalue weighted by atomic mass is 14.8. The van der Waals surface area contributed by atoms with E-state index in [4.69, 9.17) is 19.9 Å². The Labute approximate surface area is 253 Å². The second-order valence-corrected chi connectivity index (χ2v) is 11.6. The first-order valence-corrected chi connectivity index (χ1v) is 14.8. The van der Waals surface area contributed by atoms with Crippen LogP contribution < -0.4 is 0 Å².